The van der Waals surface area contributed by atoms with Gasteiger partial charge >= 0.3 is 0 Å². The Hall–Kier alpha value is -2.04. The van der Waals surface area contributed by atoms with E-state index in [1.807, 2.05) is 43.0 Å². The van der Waals surface area contributed by atoms with Gasteiger partial charge in [0.1, 0.15) is 5.75 Å². The van der Waals surface area contributed by atoms with Crippen LogP contribution in [0.5, 0.6) is 5.75 Å². The molecule has 2 fully saturated rings. The van der Waals surface area contributed by atoms with Gasteiger partial charge in [-0.25, -0.2) is 0 Å². The predicted molar refractivity (Wildman–Crippen MR) is 101 cm³/mol. The molecule has 5 nitrogen and oxygen atoms in total. The Labute approximate surface area is 156 Å². The Balaban J connectivity index is 1.42. The maximum atomic E-state index is 12.5. The first-order valence-corrected chi connectivity index (χ1v) is 9.64. The Morgan fingerprint density at radius 3 is 2.46 bits per heavy atom. The molecule has 0 aromatic heterocycles. The maximum absolute atomic E-state index is 12.5. The van der Waals surface area contributed by atoms with Gasteiger partial charge in [0, 0.05) is 31.5 Å². The summed E-state index contributed by atoms with van der Waals surface area (Å²) >= 11 is 0. The highest BCUT2D eigenvalue weighted by atomic mass is 16.5. The molecule has 2 aliphatic rings. The molecule has 0 bridgehead atoms. The third-order valence-corrected chi connectivity index (χ3v) is 5.93. The Morgan fingerprint density at radius 1 is 1.23 bits per heavy atom. The van der Waals surface area contributed by atoms with Crippen molar-refractivity contribution >= 4 is 11.8 Å². The van der Waals surface area contributed by atoms with Gasteiger partial charge in [-0.2, -0.15) is 0 Å². The summed E-state index contributed by atoms with van der Waals surface area (Å²) in [6.07, 6.45) is 4.39. The lowest BCUT2D eigenvalue weighted by atomic mass is 9.92. The Morgan fingerprint density at radius 2 is 1.88 bits per heavy atom. The van der Waals surface area contributed by atoms with Crippen molar-refractivity contribution in [3.8, 4) is 5.75 Å². The van der Waals surface area contributed by atoms with Crippen LogP contribution in [-0.2, 0) is 16.0 Å². The molecule has 1 saturated carbocycles. The number of ether oxygens (including phenoxy) is 1. The zero-order valence-electron chi connectivity index (χ0n) is 16.1. The number of benzene rings is 1. The quantitative estimate of drug-likeness (QED) is 0.851. The molecule has 1 heterocycles. The minimum Gasteiger partial charge on any atom is -0.497 e. The lowest BCUT2D eigenvalue weighted by Crippen LogP contribution is -2.42. The van der Waals surface area contributed by atoms with Gasteiger partial charge in [0.25, 0.3) is 0 Å². The van der Waals surface area contributed by atoms with Crippen molar-refractivity contribution in [3.05, 3.63) is 29.8 Å². The summed E-state index contributed by atoms with van der Waals surface area (Å²) in [6.45, 7) is 5.48. The van der Waals surface area contributed by atoms with Crippen LogP contribution < -0.4 is 10.1 Å². The van der Waals surface area contributed by atoms with Crippen molar-refractivity contribution < 1.29 is 14.3 Å². The molecule has 3 rings (SSSR count). The largest absolute Gasteiger partial charge is 0.497 e. The number of carbonyl (C=O) groups excluding carboxylic acids is 2. The average molecular weight is 358 g/mol. The van der Waals surface area contributed by atoms with Crippen molar-refractivity contribution in [1.82, 2.24) is 10.2 Å². The van der Waals surface area contributed by atoms with E-state index in [2.05, 4.69) is 5.32 Å². The number of hydrogen-bond donors (Lipinski definition) is 1. The van der Waals surface area contributed by atoms with Gasteiger partial charge in [-0.15, -0.1) is 0 Å². The smallest absolute Gasteiger partial charge is 0.222 e. The van der Waals surface area contributed by atoms with Gasteiger partial charge in [-0.1, -0.05) is 26.0 Å². The number of likely N-dealkylation sites (tertiary alicyclic amines) is 1. The summed E-state index contributed by atoms with van der Waals surface area (Å²) in [5.41, 5.74) is 1.41. The van der Waals surface area contributed by atoms with Crippen molar-refractivity contribution in [3.63, 3.8) is 0 Å². The number of carbonyl (C=O) groups is 2. The molecule has 1 aliphatic heterocycles. The molecule has 2 amide bonds. The molecule has 1 saturated heterocycles. The zero-order chi connectivity index (χ0) is 18.7. The normalized spacial score (nSPS) is 20.9. The van der Waals surface area contributed by atoms with Crippen molar-refractivity contribution in [2.24, 2.45) is 11.3 Å². The van der Waals surface area contributed by atoms with Gasteiger partial charge in [-0.3, -0.25) is 9.59 Å². The maximum Gasteiger partial charge on any atom is 0.222 e. The highest BCUT2D eigenvalue weighted by molar-refractivity contribution is 5.79. The van der Waals surface area contributed by atoms with Crippen LogP contribution in [0.2, 0.25) is 0 Å². The highest BCUT2D eigenvalue weighted by Gasteiger charge is 2.55. The Bertz CT molecular complexity index is 646. The van der Waals surface area contributed by atoms with Crippen molar-refractivity contribution in [2.45, 2.75) is 52.0 Å². The molecule has 26 heavy (non-hydrogen) atoms. The monoisotopic (exact) mass is 358 g/mol. The fraction of sp³-hybridized carbons (Fsp3) is 0.619. The third-order valence-electron chi connectivity index (χ3n) is 5.93. The lowest BCUT2D eigenvalue weighted by molar-refractivity contribution is -0.133. The van der Waals surface area contributed by atoms with Gasteiger partial charge in [0.05, 0.1) is 7.11 Å². The summed E-state index contributed by atoms with van der Waals surface area (Å²) in [5.74, 6) is 1.25. The summed E-state index contributed by atoms with van der Waals surface area (Å²) in [6, 6.07) is 8.22. The molecular weight excluding hydrogens is 328 g/mol. The second-order valence-corrected chi connectivity index (χ2v) is 8.01. The van der Waals surface area contributed by atoms with Crippen molar-refractivity contribution in [1.29, 1.82) is 0 Å². The second kappa shape index (κ2) is 7.68. The number of methoxy groups -OCH3 is 1. The average Bonchev–Trinajstić information content (AvgIpc) is 3.31. The van der Waals surface area contributed by atoms with Gasteiger partial charge in [0.15, 0.2) is 0 Å². The van der Waals surface area contributed by atoms with Crippen molar-refractivity contribution in [2.75, 3.05) is 20.2 Å². The SMILES string of the molecule is COc1ccc(CCC(=O)N2CCC3(CC2)CC3NC(=O)C(C)C)cc1. The molecular formula is C21H30N2O3. The van der Waals surface area contributed by atoms with Gasteiger partial charge in [0.2, 0.25) is 11.8 Å². The van der Waals surface area contributed by atoms with E-state index in [1.54, 1.807) is 7.11 Å². The molecule has 1 aliphatic carbocycles. The molecule has 0 radical (unpaired) electrons. The fourth-order valence-corrected chi connectivity index (χ4v) is 3.85. The third kappa shape index (κ3) is 4.19. The van der Waals surface area contributed by atoms with Gasteiger partial charge < -0.3 is 15.0 Å². The number of piperidine rings is 1. The molecule has 1 atom stereocenters. The first-order valence-electron chi connectivity index (χ1n) is 9.64. The number of aryl methyl sites for hydroxylation is 1. The summed E-state index contributed by atoms with van der Waals surface area (Å²) in [4.78, 5) is 26.4. The van der Waals surface area contributed by atoms with Gasteiger partial charge in [-0.05, 0) is 48.8 Å². The standard InChI is InChI=1S/C21H30N2O3/c1-15(2)20(25)22-18-14-21(18)10-12-23(13-11-21)19(24)9-6-16-4-7-17(26-3)8-5-16/h4-5,7-8,15,18H,6,9-14H2,1-3H3,(H,22,25). The van der Waals surface area contributed by atoms with Crippen LogP contribution in [-0.4, -0.2) is 43.0 Å². The molecule has 142 valence electrons. The molecule has 1 N–H and O–H groups in total. The molecule has 1 unspecified atom stereocenters. The van der Waals surface area contributed by atoms with Crippen LogP contribution in [0.25, 0.3) is 0 Å². The first-order chi connectivity index (χ1) is 12.4. The summed E-state index contributed by atoms with van der Waals surface area (Å²) < 4.78 is 5.16. The molecule has 5 heteroatoms. The van der Waals surface area contributed by atoms with Crippen LogP contribution in [0.15, 0.2) is 24.3 Å². The molecule has 1 aromatic carbocycles. The van der Waals surface area contributed by atoms with Crippen LogP contribution in [0.3, 0.4) is 0 Å². The van der Waals surface area contributed by atoms with E-state index in [4.69, 9.17) is 4.74 Å². The minimum absolute atomic E-state index is 0.0345. The number of rotatable bonds is 6. The second-order valence-electron chi connectivity index (χ2n) is 8.01. The van der Waals surface area contributed by atoms with Crippen LogP contribution in [0.1, 0.15) is 45.1 Å². The van der Waals surface area contributed by atoms with E-state index in [-0.39, 0.29) is 23.1 Å². The number of amides is 2. The van der Waals surface area contributed by atoms with E-state index in [0.29, 0.717) is 12.5 Å². The zero-order valence-corrected chi connectivity index (χ0v) is 16.1. The first kappa shape index (κ1) is 18.7. The van der Waals surface area contributed by atoms with E-state index in [0.717, 1.165) is 50.1 Å². The van der Waals surface area contributed by atoms with Crippen LogP contribution in [0.4, 0.5) is 0 Å². The van der Waals surface area contributed by atoms with Crippen LogP contribution >= 0.6 is 0 Å². The predicted octanol–water partition coefficient (Wildman–Crippen LogP) is 2.78. The van der Waals surface area contributed by atoms with E-state index >= 15 is 0 Å². The number of hydrogen-bond acceptors (Lipinski definition) is 3. The number of nitrogens with one attached hydrogen (secondary N) is 1. The van der Waals surface area contributed by atoms with E-state index < -0.39 is 0 Å². The summed E-state index contributed by atoms with van der Waals surface area (Å²) in [7, 11) is 1.65. The summed E-state index contributed by atoms with van der Waals surface area (Å²) in [5, 5.41) is 3.16. The van der Waals surface area contributed by atoms with Crippen LogP contribution in [0, 0.1) is 11.3 Å². The lowest BCUT2D eigenvalue weighted by Gasteiger charge is -2.33. The minimum atomic E-state index is 0.0345. The fourth-order valence-electron chi connectivity index (χ4n) is 3.85. The Kier molecular flexibility index (Phi) is 5.54. The molecule has 1 spiro atoms. The van der Waals surface area contributed by atoms with E-state index in [1.165, 1.54) is 0 Å². The molecule has 1 aromatic rings. The highest BCUT2D eigenvalue weighted by Crippen LogP contribution is 2.54. The number of nitrogens with zero attached hydrogens (tertiary/aromatic N) is 1. The van der Waals surface area contributed by atoms with E-state index in [9.17, 15) is 9.59 Å². The topological polar surface area (TPSA) is 58.6 Å².